The highest BCUT2D eigenvalue weighted by molar-refractivity contribution is 6.08. The molecule has 2 aromatic carbocycles. The van der Waals surface area contributed by atoms with E-state index in [9.17, 15) is 18.7 Å². The third-order valence-corrected chi connectivity index (χ3v) is 6.18. The summed E-state index contributed by atoms with van der Waals surface area (Å²) in [6.45, 7) is 4.72. The van der Waals surface area contributed by atoms with Crippen molar-refractivity contribution >= 4 is 28.8 Å². The number of hydrogen-bond donors (Lipinski definition) is 4. The molecule has 4 aromatic rings. The number of carbonyl (C=O) groups is 1. The van der Waals surface area contributed by atoms with Gasteiger partial charge in [0.05, 0.1) is 29.5 Å². The maximum atomic E-state index is 13.7. The van der Waals surface area contributed by atoms with Crippen LogP contribution < -0.4 is 11.1 Å². The van der Waals surface area contributed by atoms with Gasteiger partial charge < -0.3 is 21.6 Å². The van der Waals surface area contributed by atoms with Crippen LogP contribution in [-0.4, -0.2) is 45.1 Å². The van der Waals surface area contributed by atoms with E-state index in [1.54, 1.807) is 10.9 Å². The number of aliphatic hydroxyl groups excluding tert-OH is 1. The van der Waals surface area contributed by atoms with Crippen molar-refractivity contribution < 1.29 is 18.7 Å². The number of nitrogens with two attached hydrogens (primary N) is 1. The number of benzene rings is 2. The minimum absolute atomic E-state index is 0.00319. The summed E-state index contributed by atoms with van der Waals surface area (Å²) in [5.41, 5.74) is 9.56. The molecule has 0 aliphatic heterocycles. The fourth-order valence-corrected chi connectivity index (χ4v) is 4.49. The number of nitrogens with one attached hydrogen (secondary N) is 2. The molecule has 10 heteroatoms. The second-order valence-corrected chi connectivity index (χ2v) is 9.51. The standard InChI is InChI=1S/C28H30F2N6O2/c1-16(2)10-23-26(27(32)38)25(20(13-31)28(35-23)33-8-3-9-37)18-5-7-24-19(12-18)14-34-36(24)15-17-4-6-21(29)22(30)11-17/h4-7,11-14,16,31,37H,3,8-10,15H2,1-2H3,(H2,32,38)(H,33,35). The van der Waals surface area contributed by atoms with Crippen molar-refractivity contribution in [3.05, 3.63) is 76.6 Å². The number of fused-ring (bicyclic) bond motifs is 1. The molecule has 0 fully saturated rings. The smallest absolute Gasteiger partial charge is 0.251 e. The first-order chi connectivity index (χ1) is 18.2. The molecule has 0 saturated carbocycles. The van der Waals surface area contributed by atoms with Gasteiger partial charge in [0.15, 0.2) is 11.6 Å². The zero-order chi connectivity index (χ0) is 27.4. The zero-order valence-electron chi connectivity index (χ0n) is 21.3. The first-order valence-electron chi connectivity index (χ1n) is 12.3. The van der Waals surface area contributed by atoms with Crippen LogP contribution >= 0.6 is 0 Å². The second-order valence-electron chi connectivity index (χ2n) is 9.51. The van der Waals surface area contributed by atoms with Crippen LogP contribution in [0.3, 0.4) is 0 Å². The number of rotatable bonds is 11. The Morgan fingerprint density at radius 2 is 2.00 bits per heavy atom. The highest BCUT2D eigenvalue weighted by atomic mass is 19.2. The Balaban J connectivity index is 1.85. The molecule has 0 aliphatic carbocycles. The molecule has 4 rings (SSSR count). The Hall–Kier alpha value is -4.18. The van der Waals surface area contributed by atoms with Crippen LogP contribution in [0, 0.1) is 23.0 Å². The maximum Gasteiger partial charge on any atom is 0.251 e. The molecule has 0 unspecified atom stereocenters. The van der Waals surface area contributed by atoms with Crippen molar-refractivity contribution in [2.75, 3.05) is 18.5 Å². The maximum absolute atomic E-state index is 13.7. The van der Waals surface area contributed by atoms with Gasteiger partial charge in [0.2, 0.25) is 0 Å². The van der Waals surface area contributed by atoms with Crippen molar-refractivity contribution in [1.29, 1.82) is 5.41 Å². The normalized spacial score (nSPS) is 11.3. The average Bonchev–Trinajstić information content (AvgIpc) is 3.27. The van der Waals surface area contributed by atoms with Gasteiger partial charge in [0.25, 0.3) is 5.91 Å². The lowest BCUT2D eigenvalue weighted by atomic mass is 9.90. The van der Waals surface area contributed by atoms with Gasteiger partial charge in [-0.3, -0.25) is 9.48 Å². The lowest BCUT2D eigenvalue weighted by molar-refractivity contribution is 0.0999. The molecule has 0 spiro atoms. The van der Waals surface area contributed by atoms with Crippen LogP contribution in [0.25, 0.3) is 22.0 Å². The van der Waals surface area contributed by atoms with E-state index in [1.165, 1.54) is 6.07 Å². The van der Waals surface area contributed by atoms with Crippen LogP contribution in [0.2, 0.25) is 0 Å². The first-order valence-corrected chi connectivity index (χ1v) is 12.3. The molecule has 1 amide bonds. The molecule has 2 heterocycles. The second kappa shape index (κ2) is 11.5. The summed E-state index contributed by atoms with van der Waals surface area (Å²) in [4.78, 5) is 17.4. The summed E-state index contributed by atoms with van der Waals surface area (Å²) in [5.74, 6) is -1.82. The molecule has 38 heavy (non-hydrogen) atoms. The number of aliphatic hydroxyl groups is 1. The van der Waals surface area contributed by atoms with Gasteiger partial charge in [0.1, 0.15) is 5.82 Å². The van der Waals surface area contributed by atoms with E-state index < -0.39 is 17.5 Å². The van der Waals surface area contributed by atoms with Crippen LogP contribution in [-0.2, 0) is 13.0 Å². The van der Waals surface area contributed by atoms with E-state index in [-0.39, 0.29) is 24.6 Å². The molecule has 5 N–H and O–H groups in total. The molecule has 0 atom stereocenters. The predicted octanol–water partition coefficient (Wildman–Crippen LogP) is 4.51. The molecule has 0 bridgehead atoms. The molecule has 2 aromatic heterocycles. The van der Waals surface area contributed by atoms with Crippen molar-refractivity contribution in [3.8, 4) is 11.1 Å². The first kappa shape index (κ1) is 26.9. The van der Waals surface area contributed by atoms with E-state index in [1.807, 2.05) is 32.0 Å². The molecule has 0 saturated heterocycles. The number of carbonyl (C=O) groups excluding carboxylic acids is 1. The Morgan fingerprint density at radius 3 is 2.66 bits per heavy atom. The Bertz CT molecular complexity index is 1500. The van der Waals surface area contributed by atoms with E-state index >= 15 is 0 Å². The van der Waals surface area contributed by atoms with E-state index in [2.05, 4.69) is 15.4 Å². The Labute approximate surface area is 219 Å². The van der Waals surface area contributed by atoms with Crippen molar-refractivity contribution in [3.63, 3.8) is 0 Å². The topological polar surface area (TPSA) is 130 Å². The highest BCUT2D eigenvalue weighted by Crippen LogP contribution is 2.35. The van der Waals surface area contributed by atoms with E-state index in [0.29, 0.717) is 53.2 Å². The predicted molar refractivity (Wildman–Crippen MR) is 144 cm³/mol. The summed E-state index contributed by atoms with van der Waals surface area (Å²) >= 11 is 0. The number of primary amides is 1. The highest BCUT2D eigenvalue weighted by Gasteiger charge is 2.24. The number of anilines is 1. The van der Waals surface area contributed by atoms with Crippen LogP contribution in [0.1, 0.15) is 47.4 Å². The zero-order valence-corrected chi connectivity index (χ0v) is 21.3. The minimum Gasteiger partial charge on any atom is -0.396 e. The summed E-state index contributed by atoms with van der Waals surface area (Å²) in [7, 11) is 0. The minimum atomic E-state index is -0.919. The molecular weight excluding hydrogens is 490 g/mol. The SMILES string of the molecule is CC(C)Cc1nc(NCCCO)c(C=N)c(-c2ccc3c(cnn3Cc3ccc(F)c(F)c3)c2)c1C(N)=O. The molecule has 0 aliphatic rings. The van der Waals surface area contributed by atoms with Gasteiger partial charge in [-0.25, -0.2) is 13.8 Å². The number of halogens is 2. The van der Waals surface area contributed by atoms with E-state index in [0.717, 1.165) is 29.3 Å². The molecular formula is C28H30F2N6O2. The van der Waals surface area contributed by atoms with Crippen molar-refractivity contribution in [1.82, 2.24) is 14.8 Å². The quantitative estimate of drug-likeness (QED) is 0.171. The number of pyridine rings is 1. The average molecular weight is 521 g/mol. The van der Waals surface area contributed by atoms with Gasteiger partial charge in [-0.05, 0) is 54.2 Å². The summed E-state index contributed by atoms with van der Waals surface area (Å²) in [5, 5.41) is 25.7. The fourth-order valence-electron chi connectivity index (χ4n) is 4.49. The van der Waals surface area contributed by atoms with Crippen LogP contribution in [0.5, 0.6) is 0 Å². The summed E-state index contributed by atoms with van der Waals surface area (Å²) in [6.07, 6.45) is 3.80. The molecule has 8 nitrogen and oxygen atoms in total. The van der Waals surface area contributed by atoms with Gasteiger partial charge in [0, 0.05) is 35.9 Å². The van der Waals surface area contributed by atoms with Crippen LogP contribution in [0.4, 0.5) is 14.6 Å². The van der Waals surface area contributed by atoms with Crippen LogP contribution in [0.15, 0.2) is 42.6 Å². The Morgan fingerprint density at radius 1 is 1.21 bits per heavy atom. The van der Waals surface area contributed by atoms with Gasteiger partial charge in [-0.1, -0.05) is 26.0 Å². The fraction of sp³-hybridized carbons (Fsp3) is 0.286. The number of aromatic nitrogens is 3. The van der Waals surface area contributed by atoms with Gasteiger partial charge in [-0.15, -0.1) is 0 Å². The summed E-state index contributed by atoms with van der Waals surface area (Å²) in [6, 6.07) is 9.24. The summed E-state index contributed by atoms with van der Waals surface area (Å²) < 4.78 is 28.7. The van der Waals surface area contributed by atoms with E-state index in [4.69, 9.17) is 11.1 Å². The lowest BCUT2D eigenvalue weighted by Crippen LogP contribution is -2.21. The lowest BCUT2D eigenvalue weighted by Gasteiger charge is -2.20. The molecule has 198 valence electrons. The monoisotopic (exact) mass is 520 g/mol. The number of nitrogens with zero attached hydrogens (tertiary/aromatic N) is 3. The third-order valence-electron chi connectivity index (χ3n) is 6.18. The molecule has 0 radical (unpaired) electrons. The third kappa shape index (κ3) is 5.55. The van der Waals surface area contributed by atoms with Gasteiger partial charge >= 0.3 is 0 Å². The van der Waals surface area contributed by atoms with Crippen molar-refractivity contribution in [2.24, 2.45) is 11.7 Å². The van der Waals surface area contributed by atoms with Gasteiger partial charge in [-0.2, -0.15) is 5.10 Å². The number of amides is 1. The largest absolute Gasteiger partial charge is 0.396 e. The number of hydrogen-bond acceptors (Lipinski definition) is 6. The van der Waals surface area contributed by atoms with Crippen molar-refractivity contribution in [2.45, 2.75) is 33.2 Å². The Kier molecular flexibility index (Phi) is 8.11.